The summed E-state index contributed by atoms with van der Waals surface area (Å²) in [5.74, 6) is 1.42. The van der Waals surface area contributed by atoms with Crippen LogP contribution in [0.2, 0.25) is 5.15 Å². The summed E-state index contributed by atoms with van der Waals surface area (Å²) in [5, 5.41) is 8.25. The van der Waals surface area contributed by atoms with Crippen LogP contribution in [0.5, 0.6) is 11.5 Å². The largest absolute Gasteiger partial charge is 0.497 e. The van der Waals surface area contributed by atoms with Gasteiger partial charge < -0.3 is 18.9 Å². The summed E-state index contributed by atoms with van der Waals surface area (Å²) < 4.78 is 13.4. The lowest BCUT2D eigenvalue weighted by molar-refractivity contribution is 0.0856. The van der Waals surface area contributed by atoms with Gasteiger partial charge in [-0.15, -0.1) is 0 Å². The third kappa shape index (κ3) is 4.17. The highest BCUT2D eigenvalue weighted by molar-refractivity contribution is 6.32. The van der Waals surface area contributed by atoms with Gasteiger partial charge in [0.1, 0.15) is 16.7 Å². The van der Waals surface area contributed by atoms with Crippen molar-refractivity contribution in [1.29, 1.82) is 0 Å². The maximum Gasteiger partial charge on any atom is 0.171 e. The van der Waals surface area contributed by atoms with E-state index in [-0.39, 0.29) is 11.7 Å². The maximum atomic E-state index is 13.7. The molecule has 8 heteroatoms. The van der Waals surface area contributed by atoms with Crippen LogP contribution in [0.1, 0.15) is 15.9 Å². The molecule has 1 atom stereocenters. The van der Waals surface area contributed by atoms with E-state index in [9.17, 15) is 4.79 Å². The predicted octanol–water partition coefficient (Wildman–Crippen LogP) is 4.69. The zero-order chi connectivity index (χ0) is 23.8. The Morgan fingerprint density at radius 1 is 1.29 bits per heavy atom. The Balaban J connectivity index is 1.52. The van der Waals surface area contributed by atoms with Crippen molar-refractivity contribution in [1.82, 2.24) is 19.7 Å². The summed E-state index contributed by atoms with van der Waals surface area (Å²) in [7, 11) is 5.72. The first-order valence-electron chi connectivity index (χ1n) is 11.3. The summed E-state index contributed by atoms with van der Waals surface area (Å²) in [4.78, 5) is 15.9. The molecule has 1 aliphatic rings. The van der Waals surface area contributed by atoms with E-state index in [2.05, 4.69) is 25.7 Å². The highest BCUT2D eigenvalue weighted by atomic mass is 35.5. The number of aromatic nitrogens is 3. The number of benzene rings is 2. The lowest BCUT2D eigenvalue weighted by Crippen LogP contribution is -2.28. The van der Waals surface area contributed by atoms with Gasteiger partial charge in [-0.25, -0.2) is 0 Å². The molecular weight excluding hydrogens is 452 g/mol. The number of hydrogen-bond acceptors (Lipinski definition) is 5. The molecule has 0 unspecified atom stereocenters. The molecule has 34 heavy (non-hydrogen) atoms. The van der Waals surface area contributed by atoms with E-state index in [4.69, 9.17) is 21.1 Å². The van der Waals surface area contributed by atoms with Gasteiger partial charge in [0.05, 0.1) is 25.8 Å². The van der Waals surface area contributed by atoms with Crippen molar-refractivity contribution in [2.45, 2.75) is 13.0 Å². The molecular formula is C26H27ClN4O3. The first-order chi connectivity index (χ1) is 16.4. The van der Waals surface area contributed by atoms with Gasteiger partial charge in [-0.1, -0.05) is 23.7 Å². The number of aromatic amines is 1. The van der Waals surface area contributed by atoms with Crippen molar-refractivity contribution in [3.8, 4) is 22.6 Å². The third-order valence-electron chi connectivity index (χ3n) is 6.38. The molecule has 0 aliphatic carbocycles. The minimum absolute atomic E-state index is 0.0937. The van der Waals surface area contributed by atoms with Crippen molar-refractivity contribution in [2.75, 3.05) is 34.4 Å². The molecule has 0 saturated heterocycles. The maximum absolute atomic E-state index is 13.7. The third-order valence-corrected chi connectivity index (χ3v) is 6.67. The number of ether oxygens (including phenoxy) is 2. The van der Waals surface area contributed by atoms with Gasteiger partial charge in [-0.05, 0) is 55.9 Å². The molecule has 0 saturated carbocycles. The van der Waals surface area contributed by atoms with Gasteiger partial charge in [-0.2, -0.15) is 5.10 Å². The van der Waals surface area contributed by atoms with Crippen molar-refractivity contribution >= 4 is 28.3 Å². The molecule has 0 spiro atoms. The van der Waals surface area contributed by atoms with Crippen LogP contribution in [0.4, 0.5) is 0 Å². The number of likely N-dealkylation sites (N-methyl/N-ethyl adjacent to an activating group) is 1. The second kappa shape index (κ2) is 9.16. The number of nitrogens with zero attached hydrogens (tertiary/aromatic N) is 3. The summed E-state index contributed by atoms with van der Waals surface area (Å²) in [5.41, 5.74) is 4.51. The number of nitrogens with one attached hydrogen (secondary N) is 1. The fraction of sp³-hybridized carbons (Fsp3) is 0.308. The fourth-order valence-electron chi connectivity index (χ4n) is 4.51. The minimum Gasteiger partial charge on any atom is -0.497 e. The normalized spacial score (nSPS) is 15.4. The molecule has 4 aromatic rings. The van der Waals surface area contributed by atoms with Crippen LogP contribution in [0.15, 0.2) is 48.8 Å². The first kappa shape index (κ1) is 22.5. The van der Waals surface area contributed by atoms with E-state index in [0.717, 1.165) is 57.7 Å². The van der Waals surface area contributed by atoms with E-state index in [1.165, 1.54) is 0 Å². The molecule has 176 valence electrons. The van der Waals surface area contributed by atoms with Crippen molar-refractivity contribution in [3.05, 3.63) is 65.1 Å². The molecule has 7 nitrogen and oxygen atoms in total. The van der Waals surface area contributed by atoms with E-state index >= 15 is 0 Å². The number of carbonyl (C=O) groups is 1. The molecule has 0 radical (unpaired) electrons. The summed E-state index contributed by atoms with van der Waals surface area (Å²) >= 11 is 6.28. The average molecular weight is 479 g/mol. The summed E-state index contributed by atoms with van der Waals surface area (Å²) in [6.45, 7) is 1.99. The highest BCUT2D eigenvalue weighted by Gasteiger charge is 2.29. The van der Waals surface area contributed by atoms with E-state index in [0.29, 0.717) is 18.2 Å². The Kier molecular flexibility index (Phi) is 6.06. The second-order valence-corrected chi connectivity index (χ2v) is 9.30. The summed E-state index contributed by atoms with van der Waals surface area (Å²) in [6.07, 6.45) is 4.32. The number of methoxy groups -OCH3 is 1. The number of carbonyl (C=O) groups excluding carboxylic acids is 1. The molecule has 5 rings (SSSR count). The number of H-pyrrole nitrogens is 1. The Morgan fingerprint density at radius 3 is 2.88 bits per heavy atom. The Labute approximate surface area is 203 Å². The Bertz CT molecular complexity index is 1360. The predicted molar refractivity (Wildman–Crippen MR) is 133 cm³/mol. The van der Waals surface area contributed by atoms with Gasteiger partial charge in [0.25, 0.3) is 0 Å². The quantitative estimate of drug-likeness (QED) is 0.390. The van der Waals surface area contributed by atoms with Gasteiger partial charge in [0.15, 0.2) is 5.78 Å². The van der Waals surface area contributed by atoms with Gasteiger partial charge in [-0.3, -0.25) is 9.89 Å². The molecule has 2 aromatic carbocycles. The van der Waals surface area contributed by atoms with Gasteiger partial charge in [0, 0.05) is 41.3 Å². The molecule has 2 aromatic heterocycles. The number of fused-ring (bicyclic) bond motifs is 2. The molecule has 3 heterocycles. The smallest absolute Gasteiger partial charge is 0.171 e. The zero-order valence-electron chi connectivity index (χ0n) is 19.5. The Hall–Kier alpha value is -3.29. The highest BCUT2D eigenvalue weighted by Crippen LogP contribution is 2.35. The van der Waals surface area contributed by atoms with Crippen molar-refractivity contribution < 1.29 is 14.3 Å². The molecule has 1 N–H and O–H groups in total. The number of ketones is 1. The minimum atomic E-state index is -0.254. The van der Waals surface area contributed by atoms with Crippen molar-refractivity contribution in [2.24, 2.45) is 5.92 Å². The number of Topliss-reactive ketones (excluding diaryl/α,β-unsaturated/α-hetero) is 1. The molecule has 1 aliphatic heterocycles. The average Bonchev–Trinajstić information content (AvgIpc) is 3.44. The molecule has 0 fully saturated rings. The van der Waals surface area contributed by atoms with Crippen LogP contribution in [0, 0.1) is 5.92 Å². The van der Waals surface area contributed by atoms with E-state index in [1.807, 2.05) is 50.6 Å². The topological polar surface area (TPSA) is 72.4 Å². The molecule has 0 amide bonds. The second-order valence-electron chi connectivity index (χ2n) is 8.92. The Morgan fingerprint density at radius 2 is 2.15 bits per heavy atom. The van der Waals surface area contributed by atoms with Crippen LogP contribution in [0.25, 0.3) is 22.0 Å². The van der Waals surface area contributed by atoms with Crippen LogP contribution < -0.4 is 9.47 Å². The SMILES string of the molecule is COc1ccc2c(c1)C[C@H](C(=O)c1cn(CCN(C)C)c3cc(-c4cn[nH]c4Cl)ccc13)CO2. The molecule has 0 bridgehead atoms. The number of rotatable bonds is 7. The van der Waals surface area contributed by atoms with E-state index < -0.39 is 0 Å². The van der Waals surface area contributed by atoms with Crippen LogP contribution >= 0.6 is 11.6 Å². The first-order valence-corrected chi connectivity index (χ1v) is 11.6. The fourth-order valence-corrected chi connectivity index (χ4v) is 4.71. The number of hydrogen-bond donors (Lipinski definition) is 1. The standard InChI is InChI=1S/C26H27ClN4O3/c1-30(2)8-9-31-14-22(20-6-4-16(12-23(20)31)21-13-28-29-26(21)27)25(32)18-10-17-11-19(33-3)5-7-24(17)34-15-18/h4-7,11-14,18H,8-10,15H2,1-3H3,(H,28,29)/t18-/m0/s1. The van der Waals surface area contributed by atoms with Crippen LogP contribution in [0.3, 0.4) is 0 Å². The summed E-state index contributed by atoms with van der Waals surface area (Å²) in [6, 6.07) is 11.8. The monoisotopic (exact) mass is 478 g/mol. The van der Waals surface area contributed by atoms with Crippen LogP contribution in [-0.2, 0) is 13.0 Å². The lowest BCUT2D eigenvalue weighted by Gasteiger charge is -2.24. The van der Waals surface area contributed by atoms with E-state index in [1.54, 1.807) is 13.3 Å². The lowest BCUT2D eigenvalue weighted by atomic mass is 9.89. The zero-order valence-corrected chi connectivity index (χ0v) is 20.2. The van der Waals surface area contributed by atoms with Gasteiger partial charge >= 0.3 is 0 Å². The van der Waals surface area contributed by atoms with Gasteiger partial charge in [0.2, 0.25) is 0 Å². The van der Waals surface area contributed by atoms with Crippen LogP contribution in [-0.4, -0.2) is 59.8 Å². The van der Waals surface area contributed by atoms with Crippen molar-refractivity contribution in [3.63, 3.8) is 0 Å². The number of halogens is 1.